The first kappa shape index (κ1) is 19.3. The Kier molecular flexibility index (Phi) is 5.13. The lowest BCUT2D eigenvalue weighted by atomic mass is 10.1. The molecule has 3 aromatic heterocycles. The fourth-order valence-electron chi connectivity index (χ4n) is 3.42. The van der Waals surface area contributed by atoms with Gasteiger partial charge in [-0.15, -0.1) is 5.10 Å². The minimum atomic E-state index is -0.323. The Labute approximate surface area is 181 Å². The maximum atomic E-state index is 13.1. The lowest BCUT2D eigenvalue weighted by molar-refractivity contribution is -0.130. The first-order valence-electron chi connectivity index (χ1n) is 9.64. The van der Waals surface area contributed by atoms with Crippen molar-refractivity contribution < 1.29 is 13.6 Å². The summed E-state index contributed by atoms with van der Waals surface area (Å²) in [5.74, 6) is 1.26. The number of carbonyl (C=O) groups excluding carboxylic acids is 1. The number of aromatic nitrogens is 4. The fraction of sp³-hybridized carbons (Fsp3) is 0.190. The van der Waals surface area contributed by atoms with Crippen LogP contribution in [0.2, 0.25) is 0 Å². The molecule has 1 aliphatic heterocycles. The molecule has 1 unspecified atom stereocenters. The normalized spacial score (nSPS) is 16.0. The predicted octanol–water partition coefficient (Wildman–Crippen LogP) is 3.63. The largest absolute Gasteiger partial charge is 0.467 e. The number of rotatable bonds is 6. The number of thioether (sulfide) groups is 1. The third kappa shape index (κ3) is 3.89. The van der Waals surface area contributed by atoms with Crippen LogP contribution in [0.4, 0.5) is 0 Å². The van der Waals surface area contributed by atoms with Crippen LogP contribution in [0.25, 0.3) is 5.69 Å². The standard InChI is InChI=1S/C21H18N6O3S/c1-14-5-2-6-15(11-14)26-21(22-24-25-26)31-13-20(28)27-17(19-8-4-10-30-19)12-16(23-27)18-7-3-9-29-18/h2-11,17H,12-13H2,1H3. The second-order valence-corrected chi connectivity index (χ2v) is 7.94. The zero-order valence-electron chi connectivity index (χ0n) is 16.6. The van der Waals surface area contributed by atoms with Gasteiger partial charge in [0.05, 0.1) is 24.0 Å². The van der Waals surface area contributed by atoms with E-state index in [0.29, 0.717) is 28.8 Å². The number of hydrazone groups is 1. The second kappa shape index (κ2) is 8.23. The second-order valence-electron chi connectivity index (χ2n) is 7.00. The van der Waals surface area contributed by atoms with Crippen molar-refractivity contribution in [1.29, 1.82) is 0 Å². The molecular formula is C21H18N6O3S. The van der Waals surface area contributed by atoms with Crippen LogP contribution in [0, 0.1) is 6.92 Å². The van der Waals surface area contributed by atoms with Crippen molar-refractivity contribution in [1.82, 2.24) is 25.2 Å². The first-order chi connectivity index (χ1) is 15.2. The number of hydrogen-bond acceptors (Lipinski definition) is 8. The van der Waals surface area contributed by atoms with Crippen LogP contribution in [0.1, 0.15) is 29.5 Å². The number of amides is 1. The molecule has 1 atom stereocenters. The molecule has 0 saturated heterocycles. The summed E-state index contributed by atoms with van der Waals surface area (Å²) in [5.41, 5.74) is 2.64. The molecule has 0 radical (unpaired) electrons. The fourth-order valence-corrected chi connectivity index (χ4v) is 4.16. The van der Waals surface area contributed by atoms with Crippen LogP contribution in [-0.4, -0.2) is 42.6 Å². The Bertz CT molecular complexity index is 1220. The molecule has 10 heteroatoms. The van der Waals surface area contributed by atoms with Gasteiger partial charge < -0.3 is 8.83 Å². The number of benzene rings is 1. The SMILES string of the molecule is Cc1cccc(-n2nnnc2SCC(=O)N2N=C(c3ccco3)CC2c2ccco2)c1. The molecule has 1 aliphatic rings. The smallest absolute Gasteiger partial charge is 0.253 e. The molecule has 9 nitrogen and oxygen atoms in total. The van der Waals surface area contributed by atoms with E-state index in [0.717, 1.165) is 11.3 Å². The molecule has 4 aromatic rings. The van der Waals surface area contributed by atoms with E-state index < -0.39 is 0 Å². The average Bonchev–Trinajstić information content (AvgIpc) is 3.56. The quantitative estimate of drug-likeness (QED) is 0.427. The molecule has 0 saturated carbocycles. The van der Waals surface area contributed by atoms with E-state index in [4.69, 9.17) is 8.83 Å². The predicted molar refractivity (Wildman–Crippen MR) is 113 cm³/mol. The highest BCUT2D eigenvalue weighted by atomic mass is 32.2. The van der Waals surface area contributed by atoms with Crippen molar-refractivity contribution in [3.05, 3.63) is 78.1 Å². The summed E-state index contributed by atoms with van der Waals surface area (Å²) < 4.78 is 12.7. The van der Waals surface area contributed by atoms with Gasteiger partial charge >= 0.3 is 0 Å². The number of nitrogens with zero attached hydrogens (tertiary/aromatic N) is 6. The van der Waals surface area contributed by atoms with E-state index in [9.17, 15) is 4.79 Å². The van der Waals surface area contributed by atoms with Crippen molar-refractivity contribution >= 4 is 23.4 Å². The monoisotopic (exact) mass is 434 g/mol. The Hall–Kier alpha value is -3.66. The average molecular weight is 434 g/mol. The van der Waals surface area contributed by atoms with Crippen LogP contribution in [0.15, 0.2) is 80.1 Å². The zero-order chi connectivity index (χ0) is 21.2. The first-order valence-corrected chi connectivity index (χ1v) is 10.6. The maximum Gasteiger partial charge on any atom is 0.253 e. The Morgan fingerprint density at radius 1 is 1.16 bits per heavy atom. The number of aryl methyl sites for hydroxylation is 1. The van der Waals surface area contributed by atoms with Gasteiger partial charge in [0, 0.05) is 6.42 Å². The summed E-state index contributed by atoms with van der Waals surface area (Å²) in [7, 11) is 0. The molecule has 31 heavy (non-hydrogen) atoms. The summed E-state index contributed by atoms with van der Waals surface area (Å²) in [4.78, 5) is 13.1. The van der Waals surface area contributed by atoms with E-state index in [-0.39, 0.29) is 17.7 Å². The van der Waals surface area contributed by atoms with Crippen molar-refractivity contribution in [3.63, 3.8) is 0 Å². The molecule has 0 N–H and O–H groups in total. The van der Waals surface area contributed by atoms with Crippen molar-refractivity contribution in [2.24, 2.45) is 5.10 Å². The molecule has 0 aliphatic carbocycles. The van der Waals surface area contributed by atoms with Gasteiger partial charge in [0.1, 0.15) is 23.3 Å². The van der Waals surface area contributed by atoms with Crippen molar-refractivity contribution in [2.45, 2.75) is 24.5 Å². The number of carbonyl (C=O) groups is 1. The third-order valence-electron chi connectivity index (χ3n) is 4.85. The lowest BCUT2D eigenvalue weighted by Crippen LogP contribution is -2.28. The van der Waals surface area contributed by atoms with Gasteiger partial charge in [-0.3, -0.25) is 4.79 Å². The third-order valence-corrected chi connectivity index (χ3v) is 5.76. The molecule has 4 heterocycles. The molecule has 156 valence electrons. The summed E-state index contributed by atoms with van der Waals surface area (Å²) >= 11 is 1.26. The highest BCUT2D eigenvalue weighted by Crippen LogP contribution is 2.34. The topological polar surface area (TPSA) is 103 Å². The van der Waals surface area contributed by atoms with Gasteiger partial charge in [0.25, 0.3) is 5.91 Å². The van der Waals surface area contributed by atoms with Gasteiger partial charge in [0.2, 0.25) is 5.16 Å². The van der Waals surface area contributed by atoms with E-state index in [1.165, 1.54) is 16.8 Å². The molecule has 0 spiro atoms. The molecule has 1 amide bonds. The Morgan fingerprint density at radius 3 is 2.81 bits per heavy atom. The number of furan rings is 2. The van der Waals surface area contributed by atoms with E-state index in [1.54, 1.807) is 29.3 Å². The summed E-state index contributed by atoms with van der Waals surface area (Å²) in [6, 6.07) is 14.8. The minimum absolute atomic E-state index is 0.123. The van der Waals surface area contributed by atoms with E-state index in [2.05, 4.69) is 20.6 Å². The van der Waals surface area contributed by atoms with Gasteiger partial charge in [0.15, 0.2) is 0 Å². The van der Waals surface area contributed by atoms with Gasteiger partial charge in [-0.05, 0) is 59.3 Å². The zero-order valence-corrected chi connectivity index (χ0v) is 17.4. The van der Waals surface area contributed by atoms with Crippen LogP contribution in [0.5, 0.6) is 0 Å². The maximum absolute atomic E-state index is 13.1. The highest BCUT2D eigenvalue weighted by Gasteiger charge is 2.35. The molecular weight excluding hydrogens is 416 g/mol. The van der Waals surface area contributed by atoms with Crippen LogP contribution >= 0.6 is 11.8 Å². The molecule has 5 rings (SSSR count). The number of tetrazole rings is 1. The summed E-state index contributed by atoms with van der Waals surface area (Å²) in [5, 5.41) is 18.4. The van der Waals surface area contributed by atoms with Crippen LogP contribution in [0.3, 0.4) is 0 Å². The number of hydrogen-bond donors (Lipinski definition) is 0. The van der Waals surface area contributed by atoms with Crippen LogP contribution < -0.4 is 0 Å². The van der Waals surface area contributed by atoms with Crippen LogP contribution in [-0.2, 0) is 4.79 Å². The molecule has 1 aromatic carbocycles. The highest BCUT2D eigenvalue weighted by molar-refractivity contribution is 7.99. The van der Waals surface area contributed by atoms with Gasteiger partial charge in [-0.1, -0.05) is 23.9 Å². The minimum Gasteiger partial charge on any atom is -0.467 e. The van der Waals surface area contributed by atoms with Crippen molar-refractivity contribution in [2.75, 3.05) is 5.75 Å². The summed E-state index contributed by atoms with van der Waals surface area (Å²) in [6.45, 7) is 2.00. The summed E-state index contributed by atoms with van der Waals surface area (Å²) in [6.07, 6.45) is 3.69. The van der Waals surface area contributed by atoms with Gasteiger partial charge in [-0.25, -0.2) is 5.01 Å². The Morgan fingerprint density at radius 2 is 2.03 bits per heavy atom. The van der Waals surface area contributed by atoms with Gasteiger partial charge in [-0.2, -0.15) is 9.78 Å². The van der Waals surface area contributed by atoms with Crippen molar-refractivity contribution in [3.8, 4) is 5.69 Å². The lowest BCUT2D eigenvalue weighted by Gasteiger charge is -2.19. The molecule has 0 fully saturated rings. The molecule has 0 bridgehead atoms. The van der Waals surface area contributed by atoms with E-state index >= 15 is 0 Å². The van der Waals surface area contributed by atoms with E-state index in [1.807, 2.05) is 43.3 Å². The Balaban J connectivity index is 1.35.